The Kier molecular flexibility index (Phi) is 4.40. The molecule has 2 fully saturated rings. The van der Waals surface area contributed by atoms with Crippen LogP contribution in [0.2, 0.25) is 0 Å². The second-order valence-electron chi connectivity index (χ2n) is 5.60. The first-order chi connectivity index (χ1) is 8.19. The molecule has 2 saturated carbocycles. The molecule has 3 atom stereocenters. The van der Waals surface area contributed by atoms with E-state index >= 15 is 0 Å². The third-order valence-electron chi connectivity index (χ3n) is 4.21. The molecule has 0 aromatic heterocycles. The van der Waals surface area contributed by atoms with Crippen molar-refractivity contribution in [1.82, 2.24) is 5.32 Å². The van der Waals surface area contributed by atoms with E-state index in [-0.39, 0.29) is 24.5 Å². The lowest BCUT2D eigenvalue weighted by molar-refractivity contribution is -0.122. The second-order valence-corrected chi connectivity index (χ2v) is 5.60. The lowest BCUT2D eigenvalue weighted by Crippen LogP contribution is -2.34. The van der Waals surface area contributed by atoms with Gasteiger partial charge in [-0.1, -0.05) is 12.8 Å². The Hall–Kier alpha value is -0.610. The van der Waals surface area contributed by atoms with E-state index in [1.165, 1.54) is 25.7 Å². The molecular weight excluding hydrogens is 218 g/mol. The van der Waals surface area contributed by atoms with Gasteiger partial charge in [0.05, 0.1) is 6.10 Å². The van der Waals surface area contributed by atoms with Crippen molar-refractivity contribution >= 4 is 5.91 Å². The Balaban J connectivity index is 1.71. The fraction of sp³-hybridized carbons (Fsp3) is 0.923. The van der Waals surface area contributed by atoms with Crippen LogP contribution in [0.3, 0.4) is 0 Å². The summed E-state index contributed by atoms with van der Waals surface area (Å²) in [6.07, 6.45) is 6.34. The van der Waals surface area contributed by atoms with Gasteiger partial charge in [0.15, 0.2) is 0 Å². The van der Waals surface area contributed by atoms with Gasteiger partial charge >= 0.3 is 0 Å². The summed E-state index contributed by atoms with van der Waals surface area (Å²) in [4.78, 5) is 11.8. The van der Waals surface area contributed by atoms with Gasteiger partial charge in [0.2, 0.25) is 5.91 Å². The van der Waals surface area contributed by atoms with Gasteiger partial charge in [-0.25, -0.2) is 0 Å². The zero-order chi connectivity index (χ0) is 12.3. The van der Waals surface area contributed by atoms with E-state index in [0.29, 0.717) is 25.2 Å². The number of nitrogens with one attached hydrogen (secondary N) is 1. The summed E-state index contributed by atoms with van der Waals surface area (Å²) in [5.41, 5.74) is 0. The lowest BCUT2D eigenvalue weighted by atomic mass is 10.0. The third-order valence-corrected chi connectivity index (χ3v) is 4.21. The van der Waals surface area contributed by atoms with Gasteiger partial charge in [0.25, 0.3) is 0 Å². The van der Waals surface area contributed by atoms with Crippen molar-refractivity contribution in [3.05, 3.63) is 0 Å². The van der Waals surface area contributed by atoms with Gasteiger partial charge in [-0.05, 0) is 31.6 Å². The number of carbonyl (C=O) groups excluding carboxylic acids is 1. The summed E-state index contributed by atoms with van der Waals surface area (Å²) in [6.45, 7) is 0.0101. The highest BCUT2D eigenvalue weighted by Crippen LogP contribution is 2.29. The van der Waals surface area contributed by atoms with Crippen molar-refractivity contribution in [3.8, 4) is 0 Å². The lowest BCUT2D eigenvalue weighted by Gasteiger charge is -2.14. The summed E-state index contributed by atoms with van der Waals surface area (Å²) in [5, 5.41) is 21.7. The van der Waals surface area contributed by atoms with Crippen LogP contribution in [-0.4, -0.2) is 34.9 Å². The van der Waals surface area contributed by atoms with E-state index in [1.54, 1.807) is 0 Å². The van der Waals surface area contributed by atoms with Crippen molar-refractivity contribution in [3.63, 3.8) is 0 Å². The Morgan fingerprint density at radius 1 is 1.24 bits per heavy atom. The number of rotatable bonds is 4. The molecule has 17 heavy (non-hydrogen) atoms. The van der Waals surface area contributed by atoms with E-state index in [2.05, 4.69) is 5.32 Å². The number of amides is 1. The number of hydrogen-bond acceptors (Lipinski definition) is 3. The maximum absolute atomic E-state index is 11.8. The molecule has 2 aliphatic carbocycles. The molecule has 0 aromatic carbocycles. The van der Waals surface area contributed by atoms with Crippen LogP contribution >= 0.6 is 0 Å². The molecule has 2 aliphatic rings. The summed E-state index contributed by atoms with van der Waals surface area (Å²) < 4.78 is 0. The highest BCUT2D eigenvalue weighted by molar-refractivity contribution is 5.76. The van der Waals surface area contributed by atoms with Gasteiger partial charge in [-0.15, -0.1) is 0 Å². The Morgan fingerprint density at radius 2 is 1.94 bits per heavy atom. The Morgan fingerprint density at radius 3 is 2.53 bits per heavy atom. The van der Waals surface area contributed by atoms with Crippen LogP contribution in [0.5, 0.6) is 0 Å². The molecule has 4 heteroatoms. The normalized spacial score (nSPS) is 34.1. The minimum Gasteiger partial charge on any atom is -0.396 e. The molecule has 0 radical (unpaired) electrons. The predicted molar refractivity (Wildman–Crippen MR) is 64.3 cm³/mol. The SMILES string of the molecule is O=C(CC1CCCC1)N[C@H]1C[C@H](CO)[C@@H](O)C1. The minimum atomic E-state index is -0.461. The number of hydrogen-bond donors (Lipinski definition) is 3. The average Bonchev–Trinajstić information content (AvgIpc) is 2.88. The molecule has 0 aromatic rings. The first-order valence-electron chi connectivity index (χ1n) is 6.77. The number of aliphatic hydroxyl groups is 2. The van der Waals surface area contributed by atoms with Crippen LogP contribution in [0, 0.1) is 11.8 Å². The van der Waals surface area contributed by atoms with Gasteiger partial charge in [0, 0.05) is 25.0 Å². The zero-order valence-corrected chi connectivity index (χ0v) is 10.3. The van der Waals surface area contributed by atoms with Crippen LogP contribution < -0.4 is 5.32 Å². The maximum Gasteiger partial charge on any atom is 0.220 e. The van der Waals surface area contributed by atoms with Crippen LogP contribution in [0.25, 0.3) is 0 Å². The summed E-state index contributed by atoms with van der Waals surface area (Å²) in [6, 6.07) is 0.0519. The van der Waals surface area contributed by atoms with Crippen molar-refractivity contribution < 1.29 is 15.0 Å². The molecule has 0 aliphatic heterocycles. The minimum absolute atomic E-state index is 0.0101. The van der Waals surface area contributed by atoms with E-state index in [4.69, 9.17) is 5.11 Å². The van der Waals surface area contributed by atoms with E-state index in [0.717, 1.165) is 0 Å². The largest absolute Gasteiger partial charge is 0.396 e. The second kappa shape index (κ2) is 5.83. The van der Waals surface area contributed by atoms with Crippen molar-refractivity contribution in [2.75, 3.05) is 6.61 Å². The van der Waals surface area contributed by atoms with Crippen LogP contribution in [-0.2, 0) is 4.79 Å². The zero-order valence-electron chi connectivity index (χ0n) is 10.3. The Labute approximate surface area is 102 Å². The van der Waals surface area contributed by atoms with E-state index < -0.39 is 6.10 Å². The van der Waals surface area contributed by atoms with Crippen molar-refractivity contribution in [1.29, 1.82) is 0 Å². The fourth-order valence-electron chi connectivity index (χ4n) is 3.18. The van der Waals surface area contributed by atoms with Crippen LogP contribution in [0.1, 0.15) is 44.9 Å². The molecular formula is C13H23NO3. The smallest absolute Gasteiger partial charge is 0.220 e. The molecule has 4 nitrogen and oxygen atoms in total. The van der Waals surface area contributed by atoms with Crippen LogP contribution in [0.4, 0.5) is 0 Å². The molecule has 3 N–H and O–H groups in total. The molecule has 1 amide bonds. The molecule has 98 valence electrons. The van der Waals surface area contributed by atoms with Crippen molar-refractivity contribution in [2.45, 2.75) is 57.1 Å². The maximum atomic E-state index is 11.8. The highest BCUT2D eigenvalue weighted by atomic mass is 16.3. The molecule has 0 unspecified atom stereocenters. The number of carbonyl (C=O) groups is 1. The molecule has 0 heterocycles. The summed E-state index contributed by atoms with van der Waals surface area (Å²) in [7, 11) is 0. The van der Waals surface area contributed by atoms with Gasteiger partial charge in [-0.3, -0.25) is 4.79 Å². The van der Waals surface area contributed by atoms with Gasteiger partial charge < -0.3 is 15.5 Å². The predicted octanol–water partition coefficient (Wildman–Crippen LogP) is 0.815. The van der Waals surface area contributed by atoms with Crippen LogP contribution in [0.15, 0.2) is 0 Å². The van der Waals surface area contributed by atoms with Gasteiger partial charge in [-0.2, -0.15) is 0 Å². The van der Waals surface area contributed by atoms with E-state index in [9.17, 15) is 9.90 Å². The first kappa shape index (κ1) is 12.8. The standard InChI is InChI=1S/C13H23NO3/c15-8-10-6-11(7-12(10)16)14-13(17)5-9-3-1-2-4-9/h9-12,15-16H,1-8H2,(H,14,17)/t10-,11+,12+/m1/s1. The molecule has 0 saturated heterocycles. The van der Waals surface area contributed by atoms with Crippen molar-refractivity contribution in [2.24, 2.45) is 11.8 Å². The van der Waals surface area contributed by atoms with E-state index in [1.807, 2.05) is 0 Å². The number of aliphatic hydroxyl groups excluding tert-OH is 2. The Bertz CT molecular complexity index is 263. The molecule has 2 rings (SSSR count). The third kappa shape index (κ3) is 3.42. The van der Waals surface area contributed by atoms with Gasteiger partial charge in [0.1, 0.15) is 0 Å². The quantitative estimate of drug-likeness (QED) is 0.682. The first-order valence-corrected chi connectivity index (χ1v) is 6.77. The average molecular weight is 241 g/mol. The topological polar surface area (TPSA) is 69.6 Å². The summed E-state index contributed by atoms with van der Waals surface area (Å²) >= 11 is 0. The highest BCUT2D eigenvalue weighted by Gasteiger charge is 2.33. The fourth-order valence-corrected chi connectivity index (χ4v) is 3.18. The monoisotopic (exact) mass is 241 g/mol. The molecule has 0 spiro atoms. The molecule has 0 bridgehead atoms. The summed E-state index contributed by atoms with van der Waals surface area (Å²) in [5.74, 6) is 0.620.